The van der Waals surface area contributed by atoms with Gasteiger partial charge in [-0.15, -0.1) is 0 Å². The molecule has 0 saturated heterocycles. The lowest BCUT2D eigenvalue weighted by molar-refractivity contribution is -0.115. The molecule has 4 aromatic carbocycles. The summed E-state index contributed by atoms with van der Waals surface area (Å²) >= 11 is 0. The predicted molar refractivity (Wildman–Crippen MR) is 135 cm³/mol. The number of benzene rings is 4. The van der Waals surface area contributed by atoms with E-state index in [1.165, 1.54) is 0 Å². The number of rotatable bonds is 6. The van der Waals surface area contributed by atoms with Crippen LogP contribution in [0.2, 0.25) is 0 Å². The summed E-state index contributed by atoms with van der Waals surface area (Å²) in [7, 11) is 3.23. The Hall–Kier alpha value is -4.38. The van der Waals surface area contributed by atoms with Crippen LogP contribution in [0.5, 0.6) is 11.5 Å². The Balaban J connectivity index is 1.90. The van der Waals surface area contributed by atoms with Crippen molar-refractivity contribution in [3.63, 3.8) is 0 Å². The first kappa shape index (κ1) is 22.4. The van der Waals surface area contributed by atoms with Gasteiger partial charge in [0.25, 0.3) is 5.78 Å². The van der Waals surface area contributed by atoms with E-state index in [-0.39, 0.29) is 0 Å². The second-order valence-electron chi connectivity index (χ2n) is 8.52. The molecule has 0 radical (unpaired) electrons. The van der Waals surface area contributed by atoms with E-state index < -0.39 is 17.2 Å². The third-order valence-corrected chi connectivity index (χ3v) is 6.58. The summed E-state index contributed by atoms with van der Waals surface area (Å²) in [6, 6.07) is 30.6. The Bertz CT molecular complexity index is 1350. The second-order valence-corrected chi connectivity index (χ2v) is 8.52. The fraction of sp³-hybridized carbons (Fsp3) is 0.133. The molecule has 0 aromatic heterocycles. The monoisotopic (exact) mass is 463 g/mol. The number of nitrogens with zero attached hydrogens (tertiary/aromatic N) is 1. The Labute approximate surface area is 204 Å². The molecule has 5 rings (SSSR count). The quantitative estimate of drug-likeness (QED) is 0.279. The fourth-order valence-corrected chi connectivity index (χ4v) is 4.92. The maximum atomic E-state index is 13.8. The van der Waals surface area contributed by atoms with Gasteiger partial charge in [-0.1, -0.05) is 66.2 Å². The van der Waals surface area contributed by atoms with Crippen molar-refractivity contribution >= 4 is 17.4 Å². The highest BCUT2D eigenvalue weighted by atomic mass is 16.5. The van der Waals surface area contributed by atoms with Crippen LogP contribution in [-0.2, 0) is 10.3 Å². The first-order valence-electron chi connectivity index (χ1n) is 11.3. The summed E-state index contributed by atoms with van der Waals surface area (Å²) in [5.41, 5.74) is 3.30. The number of Topliss-reactive ketones (excluding diaryl/α,β-unsaturated/α-hetero) is 1. The Morgan fingerprint density at radius 2 is 1.17 bits per heavy atom. The third kappa shape index (κ3) is 3.48. The molecule has 4 aromatic rings. The standard InChI is InChI=1S/C30H25NO4/c1-20-9-18-27-26(19-20)28(32)29(33)31(27)30(21-7-5-4-6-8-21,22-10-14-24(34-2)15-11-22)23-12-16-25(35-3)17-13-23/h4-19H,1-3H3. The maximum absolute atomic E-state index is 13.8. The lowest BCUT2D eigenvalue weighted by Crippen LogP contribution is -2.51. The van der Waals surface area contributed by atoms with Crippen LogP contribution in [0.15, 0.2) is 97.1 Å². The highest BCUT2D eigenvalue weighted by molar-refractivity contribution is 6.52. The van der Waals surface area contributed by atoms with E-state index in [1.54, 1.807) is 25.2 Å². The van der Waals surface area contributed by atoms with Crippen LogP contribution >= 0.6 is 0 Å². The number of amides is 1. The molecule has 35 heavy (non-hydrogen) atoms. The van der Waals surface area contributed by atoms with Gasteiger partial charge in [0.15, 0.2) is 0 Å². The summed E-state index contributed by atoms with van der Waals surface area (Å²) in [6.07, 6.45) is 0. The second kappa shape index (κ2) is 8.76. The summed E-state index contributed by atoms with van der Waals surface area (Å²) in [5, 5.41) is 0. The number of hydrogen-bond donors (Lipinski definition) is 0. The number of fused-ring (bicyclic) bond motifs is 1. The number of hydrogen-bond acceptors (Lipinski definition) is 4. The topological polar surface area (TPSA) is 55.8 Å². The Morgan fingerprint density at radius 3 is 1.69 bits per heavy atom. The van der Waals surface area contributed by atoms with E-state index >= 15 is 0 Å². The molecule has 1 amide bonds. The van der Waals surface area contributed by atoms with Crippen molar-refractivity contribution in [3.05, 3.63) is 125 Å². The smallest absolute Gasteiger partial charge is 0.300 e. The largest absolute Gasteiger partial charge is 0.497 e. The molecule has 0 N–H and O–H groups in total. The molecule has 0 atom stereocenters. The number of anilines is 1. The van der Waals surface area contributed by atoms with Crippen LogP contribution in [-0.4, -0.2) is 25.9 Å². The van der Waals surface area contributed by atoms with Gasteiger partial charge in [-0.3, -0.25) is 14.5 Å². The van der Waals surface area contributed by atoms with E-state index in [2.05, 4.69) is 0 Å². The molecular formula is C30H25NO4. The zero-order chi connectivity index (χ0) is 24.6. The Morgan fingerprint density at radius 1 is 0.657 bits per heavy atom. The molecule has 174 valence electrons. The van der Waals surface area contributed by atoms with Gasteiger partial charge in [-0.2, -0.15) is 0 Å². The van der Waals surface area contributed by atoms with Gasteiger partial charge >= 0.3 is 5.91 Å². The third-order valence-electron chi connectivity index (χ3n) is 6.58. The van der Waals surface area contributed by atoms with Crippen LogP contribution < -0.4 is 14.4 Å². The van der Waals surface area contributed by atoms with Gasteiger partial charge < -0.3 is 9.47 Å². The maximum Gasteiger partial charge on any atom is 0.300 e. The van der Waals surface area contributed by atoms with Gasteiger partial charge in [0.1, 0.15) is 17.0 Å². The molecule has 0 aliphatic carbocycles. The van der Waals surface area contributed by atoms with Crippen molar-refractivity contribution in [2.24, 2.45) is 0 Å². The minimum Gasteiger partial charge on any atom is -0.497 e. The highest BCUT2D eigenvalue weighted by Crippen LogP contribution is 2.48. The number of ether oxygens (including phenoxy) is 2. The minimum atomic E-state index is -1.12. The first-order valence-corrected chi connectivity index (χ1v) is 11.3. The van der Waals surface area contributed by atoms with Gasteiger partial charge in [0, 0.05) is 0 Å². The van der Waals surface area contributed by atoms with Gasteiger partial charge in [-0.25, -0.2) is 0 Å². The molecule has 1 aliphatic heterocycles. The number of methoxy groups -OCH3 is 2. The van der Waals surface area contributed by atoms with Crippen molar-refractivity contribution in [2.75, 3.05) is 19.1 Å². The van der Waals surface area contributed by atoms with E-state index in [4.69, 9.17) is 9.47 Å². The van der Waals surface area contributed by atoms with Crippen molar-refractivity contribution < 1.29 is 19.1 Å². The average Bonchev–Trinajstić information content (AvgIpc) is 3.15. The van der Waals surface area contributed by atoms with Gasteiger partial charge in [-0.05, 0) is 60.0 Å². The molecule has 1 heterocycles. The lowest BCUT2D eigenvalue weighted by atomic mass is 9.75. The van der Waals surface area contributed by atoms with Crippen molar-refractivity contribution in [2.45, 2.75) is 12.5 Å². The number of ketones is 1. The molecule has 0 fully saturated rings. The SMILES string of the molecule is COc1ccc(C(c2ccccc2)(c2ccc(OC)cc2)N2C(=O)C(=O)c3cc(C)ccc32)cc1. The summed E-state index contributed by atoms with van der Waals surface area (Å²) in [4.78, 5) is 28.7. The van der Waals surface area contributed by atoms with E-state index in [0.29, 0.717) is 22.7 Å². The highest BCUT2D eigenvalue weighted by Gasteiger charge is 2.51. The van der Waals surface area contributed by atoms with E-state index in [0.717, 1.165) is 22.3 Å². The number of carbonyl (C=O) groups is 2. The lowest BCUT2D eigenvalue weighted by Gasteiger charge is -2.43. The molecule has 0 spiro atoms. The molecule has 0 unspecified atom stereocenters. The molecule has 5 nitrogen and oxygen atoms in total. The average molecular weight is 464 g/mol. The van der Waals surface area contributed by atoms with Crippen LogP contribution in [0.25, 0.3) is 0 Å². The summed E-state index contributed by atoms with van der Waals surface area (Å²) < 4.78 is 10.8. The fourth-order valence-electron chi connectivity index (χ4n) is 4.92. The number of aryl methyl sites for hydroxylation is 1. The van der Waals surface area contributed by atoms with Crippen LogP contribution in [0.3, 0.4) is 0 Å². The van der Waals surface area contributed by atoms with Crippen molar-refractivity contribution in [1.82, 2.24) is 0 Å². The van der Waals surface area contributed by atoms with Crippen molar-refractivity contribution in [3.8, 4) is 11.5 Å². The zero-order valence-electron chi connectivity index (χ0n) is 19.8. The zero-order valence-corrected chi connectivity index (χ0v) is 19.8. The molecular weight excluding hydrogens is 438 g/mol. The molecule has 0 saturated carbocycles. The van der Waals surface area contributed by atoms with E-state index in [1.807, 2.05) is 97.9 Å². The summed E-state index contributed by atoms with van der Waals surface area (Å²) in [6.45, 7) is 1.91. The van der Waals surface area contributed by atoms with Gasteiger partial charge in [0.05, 0.1) is 25.5 Å². The number of carbonyl (C=O) groups excluding carboxylic acids is 2. The van der Waals surface area contributed by atoms with Crippen LogP contribution in [0.1, 0.15) is 32.6 Å². The van der Waals surface area contributed by atoms with Gasteiger partial charge in [0.2, 0.25) is 0 Å². The van der Waals surface area contributed by atoms with Crippen LogP contribution in [0, 0.1) is 6.92 Å². The molecule has 5 heteroatoms. The first-order chi connectivity index (χ1) is 17.0. The van der Waals surface area contributed by atoms with Crippen molar-refractivity contribution in [1.29, 1.82) is 0 Å². The molecule has 0 bridgehead atoms. The predicted octanol–water partition coefficient (Wildman–Crippen LogP) is 5.53. The van der Waals surface area contributed by atoms with E-state index in [9.17, 15) is 9.59 Å². The summed E-state index contributed by atoms with van der Waals surface area (Å²) in [5.74, 6) is 0.322. The van der Waals surface area contributed by atoms with Crippen LogP contribution in [0.4, 0.5) is 5.69 Å². The minimum absolute atomic E-state index is 0.414. The normalized spacial score (nSPS) is 13.1. The molecule has 1 aliphatic rings. The Kier molecular flexibility index (Phi) is 5.61.